The van der Waals surface area contributed by atoms with E-state index in [1.54, 1.807) is 0 Å². The first-order valence-electron chi connectivity index (χ1n) is 8.09. The van der Waals surface area contributed by atoms with Crippen LogP contribution in [0, 0.1) is 0 Å². The Kier molecular flexibility index (Phi) is 5.42. The van der Waals surface area contributed by atoms with Gasteiger partial charge in [0.25, 0.3) is 0 Å². The van der Waals surface area contributed by atoms with Gasteiger partial charge >= 0.3 is 0 Å². The van der Waals surface area contributed by atoms with Gasteiger partial charge in [0.1, 0.15) is 0 Å². The molecule has 1 aliphatic rings. The number of ether oxygens (including phenoxy) is 1. The minimum atomic E-state index is 0.0752. The highest BCUT2D eigenvalue weighted by Crippen LogP contribution is 2.24. The molecule has 1 saturated heterocycles. The van der Waals surface area contributed by atoms with E-state index in [1.165, 1.54) is 11.1 Å². The molecule has 0 aliphatic carbocycles. The van der Waals surface area contributed by atoms with Gasteiger partial charge in [-0.15, -0.1) is 0 Å². The Morgan fingerprint density at radius 3 is 2.52 bits per heavy atom. The quantitative estimate of drug-likeness (QED) is 0.926. The minimum absolute atomic E-state index is 0.0752. The largest absolute Gasteiger partial charge is 0.378 e. The van der Waals surface area contributed by atoms with Crippen molar-refractivity contribution in [3.05, 3.63) is 35.4 Å². The third-order valence-electron chi connectivity index (χ3n) is 4.46. The van der Waals surface area contributed by atoms with Crippen LogP contribution in [0.2, 0.25) is 0 Å². The van der Waals surface area contributed by atoms with E-state index in [0.717, 1.165) is 32.7 Å². The van der Waals surface area contributed by atoms with E-state index in [9.17, 15) is 0 Å². The molecule has 2 rings (SSSR count). The first kappa shape index (κ1) is 16.5. The van der Waals surface area contributed by atoms with E-state index in [0.29, 0.717) is 6.04 Å². The van der Waals surface area contributed by atoms with Crippen molar-refractivity contribution in [3.8, 4) is 0 Å². The highest BCUT2D eigenvalue weighted by molar-refractivity contribution is 5.29. The van der Waals surface area contributed by atoms with Crippen molar-refractivity contribution in [2.45, 2.75) is 51.6 Å². The Balaban J connectivity index is 2.01. The molecule has 2 N–H and O–H groups in total. The Hall–Kier alpha value is -0.900. The number of hydrogen-bond acceptors (Lipinski definition) is 3. The van der Waals surface area contributed by atoms with Crippen LogP contribution >= 0.6 is 0 Å². The molecule has 2 atom stereocenters. The van der Waals surface area contributed by atoms with E-state index >= 15 is 0 Å². The molecule has 0 radical (unpaired) electrons. The van der Waals surface area contributed by atoms with Gasteiger partial charge in [-0.3, -0.25) is 4.90 Å². The van der Waals surface area contributed by atoms with Crippen LogP contribution in [-0.4, -0.2) is 37.2 Å². The summed E-state index contributed by atoms with van der Waals surface area (Å²) in [5.74, 6) is 0. The molecular weight excluding hydrogens is 260 g/mol. The summed E-state index contributed by atoms with van der Waals surface area (Å²) in [7, 11) is 0. The Morgan fingerprint density at radius 2 is 1.95 bits per heavy atom. The number of hydrogen-bond donors (Lipinski definition) is 1. The highest BCUT2D eigenvalue weighted by Gasteiger charge is 2.23. The van der Waals surface area contributed by atoms with Crippen LogP contribution < -0.4 is 5.73 Å². The maximum Gasteiger partial charge on any atom is 0.0622 e. The fourth-order valence-corrected chi connectivity index (χ4v) is 2.89. The number of morpholine rings is 1. The molecule has 0 saturated carbocycles. The molecule has 2 unspecified atom stereocenters. The molecule has 3 nitrogen and oxygen atoms in total. The van der Waals surface area contributed by atoms with Crippen LogP contribution in [0.4, 0.5) is 0 Å². The molecule has 21 heavy (non-hydrogen) atoms. The van der Waals surface area contributed by atoms with Gasteiger partial charge in [-0.05, 0) is 23.0 Å². The van der Waals surface area contributed by atoms with Crippen LogP contribution in [0.3, 0.4) is 0 Å². The Labute approximate surface area is 129 Å². The molecule has 1 aliphatic heterocycles. The van der Waals surface area contributed by atoms with E-state index in [1.807, 2.05) is 0 Å². The van der Waals surface area contributed by atoms with E-state index in [4.69, 9.17) is 10.5 Å². The predicted molar refractivity (Wildman–Crippen MR) is 88.5 cm³/mol. The van der Waals surface area contributed by atoms with Crippen molar-refractivity contribution < 1.29 is 4.74 Å². The van der Waals surface area contributed by atoms with Crippen molar-refractivity contribution in [3.63, 3.8) is 0 Å². The summed E-state index contributed by atoms with van der Waals surface area (Å²) in [4.78, 5) is 2.48. The van der Waals surface area contributed by atoms with Crippen LogP contribution in [0.5, 0.6) is 0 Å². The van der Waals surface area contributed by atoms with Crippen LogP contribution in [-0.2, 0) is 10.2 Å². The Bertz CT molecular complexity index is 436. The summed E-state index contributed by atoms with van der Waals surface area (Å²) in [6.45, 7) is 12.5. The monoisotopic (exact) mass is 290 g/mol. The number of rotatable bonds is 4. The predicted octanol–water partition coefficient (Wildman–Crippen LogP) is 3.09. The lowest BCUT2D eigenvalue weighted by Gasteiger charge is -2.36. The lowest BCUT2D eigenvalue weighted by molar-refractivity contribution is -0.0110. The summed E-state index contributed by atoms with van der Waals surface area (Å²) in [5, 5.41) is 0. The van der Waals surface area contributed by atoms with Crippen LogP contribution in [0.25, 0.3) is 0 Å². The summed E-state index contributed by atoms with van der Waals surface area (Å²) >= 11 is 0. The molecule has 0 aromatic heterocycles. The van der Waals surface area contributed by atoms with Gasteiger partial charge in [0, 0.05) is 25.2 Å². The molecule has 118 valence electrons. The van der Waals surface area contributed by atoms with Crippen LogP contribution in [0.1, 0.15) is 51.3 Å². The minimum Gasteiger partial charge on any atom is -0.378 e. The average Bonchev–Trinajstić information content (AvgIpc) is 2.47. The number of benzene rings is 1. The first-order chi connectivity index (χ1) is 9.91. The second-order valence-corrected chi connectivity index (χ2v) is 7.11. The normalized spacial score (nSPS) is 22.2. The number of nitrogens with two attached hydrogens (primary N) is 1. The van der Waals surface area contributed by atoms with E-state index in [-0.39, 0.29) is 11.5 Å². The summed E-state index contributed by atoms with van der Waals surface area (Å²) in [5.41, 5.74) is 9.20. The van der Waals surface area contributed by atoms with Gasteiger partial charge < -0.3 is 10.5 Å². The lowest BCUT2D eigenvalue weighted by Crippen LogP contribution is -2.47. The smallest absolute Gasteiger partial charge is 0.0622 e. The van der Waals surface area contributed by atoms with Crippen molar-refractivity contribution >= 4 is 0 Å². The molecule has 0 spiro atoms. The lowest BCUT2D eigenvalue weighted by atomic mass is 9.86. The summed E-state index contributed by atoms with van der Waals surface area (Å²) < 4.78 is 5.56. The van der Waals surface area contributed by atoms with Gasteiger partial charge in [-0.1, -0.05) is 52.0 Å². The topological polar surface area (TPSA) is 38.5 Å². The fourth-order valence-electron chi connectivity index (χ4n) is 2.89. The van der Waals surface area contributed by atoms with Gasteiger partial charge in [0.2, 0.25) is 0 Å². The van der Waals surface area contributed by atoms with Crippen LogP contribution in [0.15, 0.2) is 24.3 Å². The SMILES string of the molecule is CCC1COCCN1CC(N)c1ccc(C(C)(C)C)cc1. The van der Waals surface area contributed by atoms with Gasteiger partial charge in [0.05, 0.1) is 13.2 Å². The van der Waals surface area contributed by atoms with Gasteiger partial charge in [-0.2, -0.15) is 0 Å². The highest BCUT2D eigenvalue weighted by atomic mass is 16.5. The van der Waals surface area contributed by atoms with Crippen molar-refractivity contribution in [1.29, 1.82) is 0 Å². The molecule has 1 aromatic rings. The van der Waals surface area contributed by atoms with E-state index < -0.39 is 0 Å². The number of nitrogens with zero attached hydrogens (tertiary/aromatic N) is 1. The van der Waals surface area contributed by atoms with Crippen molar-refractivity contribution in [2.24, 2.45) is 5.73 Å². The molecule has 0 amide bonds. The maximum absolute atomic E-state index is 6.42. The molecule has 1 fully saturated rings. The zero-order valence-corrected chi connectivity index (χ0v) is 13.9. The van der Waals surface area contributed by atoms with Crippen molar-refractivity contribution in [1.82, 2.24) is 4.90 Å². The molecule has 0 bridgehead atoms. The third-order valence-corrected chi connectivity index (χ3v) is 4.46. The van der Waals surface area contributed by atoms with E-state index in [2.05, 4.69) is 56.9 Å². The molecular formula is C18H30N2O. The van der Waals surface area contributed by atoms with Gasteiger partial charge in [-0.25, -0.2) is 0 Å². The molecule has 1 heterocycles. The second kappa shape index (κ2) is 6.91. The molecule has 1 aromatic carbocycles. The molecule has 3 heteroatoms. The van der Waals surface area contributed by atoms with Gasteiger partial charge in [0.15, 0.2) is 0 Å². The average molecular weight is 290 g/mol. The third kappa shape index (κ3) is 4.29. The summed E-state index contributed by atoms with van der Waals surface area (Å²) in [6, 6.07) is 9.39. The second-order valence-electron chi connectivity index (χ2n) is 7.11. The van der Waals surface area contributed by atoms with Crippen molar-refractivity contribution in [2.75, 3.05) is 26.3 Å². The summed E-state index contributed by atoms with van der Waals surface area (Å²) in [6.07, 6.45) is 1.12. The zero-order valence-electron chi connectivity index (χ0n) is 13.9. The standard InChI is InChI=1S/C18H30N2O/c1-5-16-13-21-11-10-20(16)12-17(19)14-6-8-15(9-7-14)18(2,3)4/h6-9,16-17H,5,10-13,19H2,1-4H3. The maximum atomic E-state index is 6.42. The first-order valence-corrected chi connectivity index (χ1v) is 8.09. The fraction of sp³-hybridized carbons (Fsp3) is 0.667. The zero-order chi connectivity index (χ0) is 15.5. The Morgan fingerprint density at radius 1 is 1.29 bits per heavy atom.